The predicted octanol–water partition coefficient (Wildman–Crippen LogP) is 3.49. The Morgan fingerprint density at radius 2 is 1.86 bits per heavy atom. The summed E-state index contributed by atoms with van der Waals surface area (Å²) < 4.78 is 47.7. The van der Waals surface area contributed by atoms with Crippen LogP contribution in [0.3, 0.4) is 0 Å². The van der Waals surface area contributed by atoms with Crippen molar-refractivity contribution in [3.63, 3.8) is 0 Å². The van der Waals surface area contributed by atoms with E-state index >= 15 is 0 Å². The first-order valence-corrected chi connectivity index (χ1v) is 7.35. The topological polar surface area (TPSA) is 52.6 Å². The van der Waals surface area contributed by atoms with E-state index in [1.165, 1.54) is 7.11 Å². The Balaban J connectivity index is 0.000000541. The number of rotatable bonds is 4. The molecule has 2 aliphatic rings. The molecule has 0 aromatic heterocycles. The van der Waals surface area contributed by atoms with Crippen LogP contribution in [-0.4, -0.2) is 31.3 Å². The Kier molecular flexibility index (Phi) is 6.26. The second kappa shape index (κ2) is 7.33. The number of methoxy groups -OCH3 is 1. The van der Waals surface area contributed by atoms with E-state index in [0.717, 1.165) is 39.5 Å². The molecule has 0 radical (unpaired) electrons. The van der Waals surface area contributed by atoms with Gasteiger partial charge in [-0.25, -0.2) is 0 Å². The SMILES string of the molecule is CC(=O)OC(C)(CC1CC2CCC1C2)C(F)(F)F.COC=O. The normalized spacial score (nSPS) is 29.1. The summed E-state index contributed by atoms with van der Waals surface area (Å²) >= 11 is 0. The molecule has 0 amide bonds. The van der Waals surface area contributed by atoms with Gasteiger partial charge in [-0.1, -0.05) is 6.42 Å². The average molecular weight is 324 g/mol. The smallest absolute Gasteiger partial charge is 0.428 e. The molecular weight excluding hydrogens is 301 g/mol. The number of ether oxygens (including phenoxy) is 2. The number of carbonyl (C=O) groups is 2. The molecule has 2 rings (SSSR count). The fourth-order valence-electron chi connectivity index (χ4n) is 3.66. The Morgan fingerprint density at radius 3 is 2.18 bits per heavy atom. The molecule has 2 fully saturated rings. The van der Waals surface area contributed by atoms with Gasteiger partial charge in [0, 0.05) is 6.92 Å². The molecule has 0 saturated heterocycles. The summed E-state index contributed by atoms with van der Waals surface area (Å²) in [5.41, 5.74) is -2.33. The van der Waals surface area contributed by atoms with Gasteiger partial charge < -0.3 is 9.47 Å². The number of hydrogen-bond acceptors (Lipinski definition) is 4. The summed E-state index contributed by atoms with van der Waals surface area (Å²) in [5, 5.41) is 0. The molecule has 0 aromatic carbocycles. The Labute approximate surface area is 128 Å². The number of alkyl halides is 3. The predicted molar refractivity (Wildman–Crippen MR) is 72.9 cm³/mol. The zero-order valence-corrected chi connectivity index (χ0v) is 13.1. The summed E-state index contributed by atoms with van der Waals surface area (Å²) in [7, 11) is 1.31. The van der Waals surface area contributed by atoms with E-state index in [1.807, 2.05) is 0 Å². The first-order chi connectivity index (χ1) is 10.1. The number of carbonyl (C=O) groups excluding carboxylic acids is 2. The van der Waals surface area contributed by atoms with Gasteiger partial charge in [0.25, 0.3) is 6.47 Å². The monoisotopic (exact) mass is 324 g/mol. The van der Waals surface area contributed by atoms with E-state index in [-0.39, 0.29) is 12.3 Å². The van der Waals surface area contributed by atoms with Gasteiger partial charge in [-0.2, -0.15) is 13.2 Å². The van der Waals surface area contributed by atoms with Crippen LogP contribution in [0.4, 0.5) is 13.2 Å². The van der Waals surface area contributed by atoms with Crippen molar-refractivity contribution >= 4 is 12.4 Å². The molecule has 2 bridgehead atoms. The molecule has 0 aromatic rings. The summed E-state index contributed by atoms with van der Waals surface area (Å²) in [6, 6.07) is 0. The fraction of sp³-hybridized carbons (Fsp3) is 0.867. The van der Waals surface area contributed by atoms with Crippen LogP contribution < -0.4 is 0 Å². The number of hydrogen-bond donors (Lipinski definition) is 0. The van der Waals surface area contributed by atoms with Gasteiger partial charge in [-0.15, -0.1) is 0 Å². The Hall–Kier alpha value is -1.27. The maximum Gasteiger partial charge on any atom is 0.428 e. The fourth-order valence-corrected chi connectivity index (χ4v) is 3.66. The highest BCUT2D eigenvalue weighted by molar-refractivity contribution is 5.66. The third kappa shape index (κ3) is 4.61. The van der Waals surface area contributed by atoms with Gasteiger partial charge >= 0.3 is 12.1 Å². The van der Waals surface area contributed by atoms with Crippen molar-refractivity contribution in [2.24, 2.45) is 17.8 Å². The van der Waals surface area contributed by atoms with E-state index in [4.69, 9.17) is 4.79 Å². The van der Waals surface area contributed by atoms with E-state index < -0.39 is 17.7 Å². The standard InChI is InChI=1S/C13H19F3O2.C2H4O2/c1-8(17)18-12(2,13(14,15)16)7-11-6-9-3-4-10(11)5-9;1-4-2-3/h9-11H,3-7H2,1-2H3;2H,1H3. The van der Waals surface area contributed by atoms with E-state index in [2.05, 4.69) is 9.47 Å². The molecule has 128 valence electrons. The van der Waals surface area contributed by atoms with Crippen molar-refractivity contribution in [1.82, 2.24) is 0 Å². The average Bonchev–Trinajstić information content (AvgIpc) is 2.99. The lowest BCUT2D eigenvalue weighted by Gasteiger charge is -2.35. The van der Waals surface area contributed by atoms with Gasteiger partial charge in [-0.05, 0) is 50.4 Å². The highest BCUT2D eigenvalue weighted by atomic mass is 19.4. The van der Waals surface area contributed by atoms with Crippen LogP contribution in [0, 0.1) is 17.8 Å². The van der Waals surface area contributed by atoms with Gasteiger partial charge in [0.05, 0.1) is 7.11 Å². The zero-order valence-electron chi connectivity index (χ0n) is 13.1. The van der Waals surface area contributed by atoms with Crippen LogP contribution in [-0.2, 0) is 19.1 Å². The summed E-state index contributed by atoms with van der Waals surface area (Å²) in [6.07, 6.45) is -0.491. The summed E-state index contributed by atoms with van der Waals surface area (Å²) in [5.74, 6) is 0.176. The van der Waals surface area contributed by atoms with Crippen molar-refractivity contribution in [2.45, 2.75) is 57.7 Å². The lowest BCUT2D eigenvalue weighted by Crippen LogP contribution is -2.47. The van der Waals surface area contributed by atoms with Crippen molar-refractivity contribution in [2.75, 3.05) is 7.11 Å². The van der Waals surface area contributed by atoms with Crippen molar-refractivity contribution in [1.29, 1.82) is 0 Å². The maximum atomic E-state index is 13.1. The minimum absolute atomic E-state index is 0.0507. The molecule has 2 saturated carbocycles. The van der Waals surface area contributed by atoms with Crippen molar-refractivity contribution < 1.29 is 32.2 Å². The van der Waals surface area contributed by atoms with Crippen LogP contribution in [0.25, 0.3) is 0 Å². The van der Waals surface area contributed by atoms with Crippen molar-refractivity contribution in [3.8, 4) is 0 Å². The third-order valence-corrected chi connectivity index (χ3v) is 4.60. The molecule has 7 heteroatoms. The van der Waals surface area contributed by atoms with Crippen LogP contribution >= 0.6 is 0 Å². The maximum absolute atomic E-state index is 13.1. The number of fused-ring (bicyclic) bond motifs is 2. The summed E-state index contributed by atoms with van der Waals surface area (Å²) in [4.78, 5) is 19.9. The Morgan fingerprint density at radius 1 is 1.27 bits per heavy atom. The minimum Gasteiger partial charge on any atom is -0.471 e. The third-order valence-electron chi connectivity index (χ3n) is 4.60. The van der Waals surface area contributed by atoms with Crippen LogP contribution in [0.5, 0.6) is 0 Å². The van der Waals surface area contributed by atoms with E-state index in [1.54, 1.807) is 0 Å². The first kappa shape index (κ1) is 18.8. The van der Waals surface area contributed by atoms with Crippen LogP contribution in [0.2, 0.25) is 0 Å². The molecule has 0 N–H and O–H groups in total. The van der Waals surface area contributed by atoms with Crippen molar-refractivity contribution in [3.05, 3.63) is 0 Å². The minimum atomic E-state index is -4.50. The number of esters is 1. The second-order valence-corrected chi connectivity index (χ2v) is 6.29. The highest BCUT2D eigenvalue weighted by Crippen LogP contribution is 2.52. The van der Waals surface area contributed by atoms with E-state index in [0.29, 0.717) is 18.3 Å². The lowest BCUT2D eigenvalue weighted by atomic mass is 9.80. The molecule has 4 atom stereocenters. The summed E-state index contributed by atoms with van der Waals surface area (Å²) in [6.45, 7) is 2.41. The van der Waals surface area contributed by atoms with Crippen LogP contribution in [0.15, 0.2) is 0 Å². The zero-order chi connectivity index (χ0) is 17.0. The number of halogens is 3. The molecule has 4 unspecified atom stereocenters. The largest absolute Gasteiger partial charge is 0.471 e. The molecular formula is C15H23F3O4. The van der Waals surface area contributed by atoms with Gasteiger partial charge in [0.1, 0.15) is 0 Å². The molecule has 0 spiro atoms. The molecule has 0 aliphatic heterocycles. The van der Waals surface area contributed by atoms with Crippen LogP contribution in [0.1, 0.15) is 46.0 Å². The van der Waals surface area contributed by atoms with Gasteiger partial charge in [-0.3, -0.25) is 9.59 Å². The second-order valence-electron chi connectivity index (χ2n) is 6.29. The van der Waals surface area contributed by atoms with Gasteiger partial charge in [0.2, 0.25) is 5.60 Å². The first-order valence-electron chi connectivity index (χ1n) is 7.35. The van der Waals surface area contributed by atoms with Gasteiger partial charge in [0.15, 0.2) is 0 Å². The highest BCUT2D eigenvalue weighted by Gasteiger charge is 2.57. The molecule has 2 aliphatic carbocycles. The lowest BCUT2D eigenvalue weighted by molar-refractivity contribution is -0.269. The Bertz CT molecular complexity index is 397. The molecule has 0 heterocycles. The molecule has 22 heavy (non-hydrogen) atoms. The molecule has 4 nitrogen and oxygen atoms in total. The van der Waals surface area contributed by atoms with E-state index in [9.17, 15) is 18.0 Å². The quantitative estimate of drug-likeness (QED) is 0.587.